The molecule has 0 radical (unpaired) electrons. The Kier molecular flexibility index (Phi) is 8.45. The van der Waals surface area contributed by atoms with Crippen molar-refractivity contribution in [3.8, 4) is 5.75 Å². The second kappa shape index (κ2) is 9.14. The van der Waals surface area contributed by atoms with Crippen LogP contribution in [0.2, 0.25) is 23.2 Å². The lowest BCUT2D eigenvalue weighted by Gasteiger charge is -2.37. The van der Waals surface area contributed by atoms with Gasteiger partial charge in [-0.1, -0.05) is 39.0 Å². The maximum atomic E-state index is 6.58. The number of rotatable bonds is 7. The Morgan fingerprint density at radius 2 is 1.74 bits per heavy atom. The zero-order valence-corrected chi connectivity index (χ0v) is 22.4. The summed E-state index contributed by atoms with van der Waals surface area (Å²) in [5.41, 5.74) is 0.825. The van der Waals surface area contributed by atoms with E-state index in [9.17, 15) is 0 Å². The average molecular weight is 495 g/mol. The lowest BCUT2D eigenvalue weighted by Crippen LogP contribution is -2.44. The van der Waals surface area contributed by atoms with Crippen LogP contribution in [0.5, 0.6) is 5.75 Å². The van der Waals surface area contributed by atoms with Crippen molar-refractivity contribution in [2.75, 3.05) is 18.6 Å². The molecular formula is C21H35BrClO2SSi+. The molecule has 0 saturated carbocycles. The van der Waals surface area contributed by atoms with Crippen molar-refractivity contribution in [3.63, 3.8) is 0 Å². The third kappa shape index (κ3) is 7.02. The SMILES string of the molecule is C=C(OCC[S+](C)C(C)(C)C)c1cc(Cl)cc(Br)c1O[Si](C)(C)C(C)(C)C. The zero-order valence-electron chi connectivity index (χ0n) is 18.3. The van der Waals surface area contributed by atoms with Crippen LogP contribution < -0.4 is 4.43 Å². The van der Waals surface area contributed by atoms with Gasteiger partial charge in [0.1, 0.15) is 28.6 Å². The first-order valence-electron chi connectivity index (χ1n) is 9.19. The van der Waals surface area contributed by atoms with E-state index in [0.29, 0.717) is 22.1 Å². The third-order valence-electron chi connectivity index (χ3n) is 5.18. The van der Waals surface area contributed by atoms with Gasteiger partial charge in [-0.25, -0.2) is 0 Å². The van der Waals surface area contributed by atoms with E-state index in [1.807, 2.05) is 12.1 Å². The molecule has 0 heterocycles. The highest BCUT2D eigenvalue weighted by molar-refractivity contribution is 9.10. The molecule has 1 aromatic carbocycles. The summed E-state index contributed by atoms with van der Waals surface area (Å²) in [7, 11) is -1.74. The summed E-state index contributed by atoms with van der Waals surface area (Å²) in [6.07, 6.45) is 2.29. The van der Waals surface area contributed by atoms with Gasteiger partial charge in [-0.3, -0.25) is 0 Å². The second-order valence-corrected chi connectivity index (χ2v) is 18.3. The Hall–Kier alpha value is -0.103. The average Bonchev–Trinajstić information content (AvgIpc) is 2.47. The number of hydrogen-bond acceptors (Lipinski definition) is 2. The molecule has 0 aliphatic heterocycles. The summed E-state index contributed by atoms with van der Waals surface area (Å²) in [5, 5.41) is 0.726. The van der Waals surface area contributed by atoms with Crippen LogP contribution in [0.3, 0.4) is 0 Å². The fourth-order valence-electron chi connectivity index (χ4n) is 1.95. The summed E-state index contributed by atoms with van der Waals surface area (Å²) in [6.45, 7) is 22.7. The van der Waals surface area contributed by atoms with E-state index in [4.69, 9.17) is 20.8 Å². The molecule has 0 bridgehead atoms. The molecular weight excluding hydrogens is 460 g/mol. The predicted molar refractivity (Wildman–Crippen MR) is 130 cm³/mol. The molecule has 0 amide bonds. The van der Waals surface area contributed by atoms with Crippen LogP contribution >= 0.6 is 27.5 Å². The van der Waals surface area contributed by atoms with Crippen LogP contribution in [0.1, 0.15) is 47.1 Å². The minimum Gasteiger partial charge on any atom is -0.542 e. The Bertz CT molecular complexity index is 678. The van der Waals surface area contributed by atoms with E-state index in [2.05, 4.69) is 83.4 Å². The lowest BCUT2D eigenvalue weighted by atomic mass is 10.2. The molecule has 0 aliphatic rings. The van der Waals surface area contributed by atoms with E-state index in [1.165, 1.54) is 0 Å². The van der Waals surface area contributed by atoms with E-state index in [1.54, 1.807) is 0 Å². The summed E-state index contributed by atoms with van der Waals surface area (Å²) >= 11 is 9.92. The topological polar surface area (TPSA) is 18.5 Å². The Labute approximate surface area is 183 Å². The van der Waals surface area contributed by atoms with Gasteiger partial charge in [-0.05, 0) is 77.9 Å². The lowest BCUT2D eigenvalue weighted by molar-refractivity contribution is 0.300. The molecule has 1 atom stereocenters. The molecule has 0 N–H and O–H groups in total. The smallest absolute Gasteiger partial charge is 0.250 e. The molecule has 0 aromatic heterocycles. The molecule has 0 aliphatic carbocycles. The van der Waals surface area contributed by atoms with Crippen molar-refractivity contribution in [2.45, 2.75) is 64.4 Å². The van der Waals surface area contributed by atoms with Gasteiger partial charge in [0, 0.05) is 5.02 Å². The molecule has 154 valence electrons. The normalized spacial score (nSPS) is 14.0. The van der Waals surface area contributed by atoms with E-state index in [0.717, 1.165) is 21.5 Å². The molecule has 27 heavy (non-hydrogen) atoms. The third-order valence-corrected chi connectivity index (χ3v) is 13.2. The van der Waals surface area contributed by atoms with Crippen LogP contribution in [0.25, 0.3) is 5.76 Å². The largest absolute Gasteiger partial charge is 0.542 e. The summed E-state index contributed by atoms with van der Waals surface area (Å²) in [4.78, 5) is 0. The van der Waals surface area contributed by atoms with Crippen molar-refractivity contribution in [3.05, 3.63) is 33.8 Å². The second-order valence-electron chi connectivity index (χ2n) is 9.35. The minimum atomic E-state index is -2.01. The fourth-order valence-corrected chi connectivity index (χ4v) is 4.98. The Morgan fingerprint density at radius 3 is 2.22 bits per heavy atom. The highest BCUT2D eigenvalue weighted by Crippen LogP contribution is 2.43. The molecule has 1 unspecified atom stereocenters. The van der Waals surface area contributed by atoms with Crippen molar-refractivity contribution < 1.29 is 9.16 Å². The van der Waals surface area contributed by atoms with E-state index >= 15 is 0 Å². The minimum absolute atomic E-state index is 0.0921. The van der Waals surface area contributed by atoms with Crippen molar-refractivity contribution in [2.24, 2.45) is 0 Å². The summed E-state index contributed by atoms with van der Waals surface area (Å²) in [5.74, 6) is 2.39. The van der Waals surface area contributed by atoms with Gasteiger partial charge in [0.2, 0.25) is 0 Å². The quantitative estimate of drug-likeness (QED) is 0.222. The van der Waals surface area contributed by atoms with E-state index in [-0.39, 0.29) is 15.9 Å². The fraction of sp³-hybridized carbons (Fsp3) is 0.619. The molecule has 0 saturated heterocycles. The maximum Gasteiger partial charge on any atom is 0.250 e. The molecule has 6 heteroatoms. The predicted octanol–water partition coefficient (Wildman–Crippen LogP) is 7.52. The van der Waals surface area contributed by atoms with Gasteiger partial charge in [-0.15, -0.1) is 0 Å². The van der Waals surface area contributed by atoms with Crippen LogP contribution in [0.4, 0.5) is 0 Å². The van der Waals surface area contributed by atoms with Crippen LogP contribution in [0, 0.1) is 0 Å². The van der Waals surface area contributed by atoms with Gasteiger partial charge in [0.05, 0.1) is 16.3 Å². The Balaban J connectivity index is 3.05. The van der Waals surface area contributed by atoms with Gasteiger partial charge in [0.15, 0.2) is 0 Å². The van der Waals surface area contributed by atoms with Gasteiger partial charge < -0.3 is 9.16 Å². The number of ether oxygens (including phenoxy) is 1. The highest BCUT2D eigenvalue weighted by atomic mass is 79.9. The van der Waals surface area contributed by atoms with Crippen LogP contribution in [-0.2, 0) is 15.6 Å². The molecule has 0 spiro atoms. The first kappa shape index (κ1) is 24.9. The molecule has 2 nitrogen and oxygen atoms in total. The van der Waals surface area contributed by atoms with Crippen molar-refractivity contribution in [1.29, 1.82) is 0 Å². The van der Waals surface area contributed by atoms with Crippen LogP contribution in [-0.4, -0.2) is 31.7 Å². The Morgan fingerprint density at radius 1 is 1.19 bits per heavy atom. The number of halogens is 2. The zero-order chi connectivity index (χ0) is 21.2. The maximum absolute atomic E-state index is 6.58. The van der Waals surface area contributed by atoms with Gasteiger partial charge in [-0.2, -0.15) is 0 Å². The van der Waals surface area contributed by atoms with E-state index < -0.39 is 8.32 Å². The standard InChI is InChI=1S/C21H35BrClO2SSi/c1-15(24-11-12-26(8)20(2,3)4)17-13-16(23)14-18(22)19(17)25-27(9,10)21(5,6)7/h13-14H,1,11-12H2,2-10H3/q+1. The summed E-state index contributed by atoms with van der Waals surface area (Å²) in [6, 6.07) is 3.75. The van der Waals surface area contributed by atoms with Crippen molar-refractivity contribution >= 4 is 52.5 Å². The monoisotopic (exact) mass is 493 g/mol. The summed E-state index contributed by atoms with van der Waals surface area (Å²) < 4.78 is 13.7. The van der Waals surface area contributed by atoms with Gasteiger partial charge in [0.25, 0.3) is 8.32 Å². The molecule has 1 aromatic rings. The van der Waals surface area contributed by atoms with Gasteiger partial charge >= 0.3 is 0 Å². The number of benzene rings is 1. The first-order chi connectivity index (χ1) is 12.1. The first-order valence-corrected chi connectivity index (χ1v) is 15.1. The molecule has 0 fully saturated rings. The molecule has 1 rings (SSSR count). The number of hydrogen-bond donors (Lipinski definition) is 0. The van der Waals surface area contributed by atoms with Crippen LogP contribution in [0.15, 0.2) is 23.2 Å². The van der Waals surface area contributed by atoms with Crippen molar-refractivity contribution in [1.82, 2.24) is 0 Å². The highest BCUT2D eigenvalue weighted by Gasteiger charge is 2.40.